The fourth-order valence-electron chi connectivity index (χ4n) is 2.33. The fraction of sp³-hybridized carbons (Fsp3) is 0.300. The molecule has 0 aliphatic heterocycles. The average Bonchev–Trinajstić information content (AvgIpc) is 2.64. The van der Waals surface area contributed by atoms with Gasteiger partial charge in [-0.2, -0.15) is 0 Å². The Morgan fingerprint density at radius 2 is 1.14 bits per heavy atom. The number of rotatable bonds is 9. The summed E-state index contributed by atoms with van der Waals surface area (Å²) in [5.74, 6) is -0.653. The van der Waals surface area contributed by atoms with Gasteiger partial charge in [0.2, 0.25) is 0 Å². The molecule has 0 heterocycles. The lowest BCUT2D eigenvalue weighted by Crippen LogP contribution is -2.28. The molecule has 2 aromatic carbocycles. The molecule has 0 fully saturated rings. The van der Waals surface area contributed by atoms with E-state index >= 15 is 0 Å². The van der Waals surface area contributed by atoms with Gasteiger partial charge in [-0.3, -0.25) is 0 Å². The lowest BCUT2D eigenvalue weighted by molar-refractivity contribution is 0.198. The van der Waals surface area contributed by atoms with Gasteiger partial charge in [0.25, 0.3) is 0 Å². The highest BCUT2D eigenvalue weighted by Crippen LogP contribution is 2.12. The van der Waals surface area contributed by atoms with Gasteiger partial charge >= 0.3 is 12.2 Å². The van der Waals surface area contributed by atoms with E-state index in [1.54, 1.807) is 0 Å². The van der Waals surface area contributed by atoms with E-state index in [1.165, 1.54) is 36.4 Å². The zero-order valence-electron chi connectivity index (χ0n) is 15.3. The molecule has 2 aromatic rings. The predicted molar refractivity (Wildman–Crippen MR) is 99.3 cm³/mol. The minimum absolute atomic E-state index is 0.147. The van der Waals surface area contributed by atoms with Crippen LogP contribution in [0.5, 0.6) is 11.5 Å². The van der Waals surface area contributed by atoms with Gasteiger partial charge in [-0.1, -0.05) is 25.0 Å². The molecule has 8 heteroatoms. The van der Waals surface area contributed by atoms with Crippen LogP contribution in [-0.4, -0.2) is 25.3 Å². The number of carbonyl (C=O) groups excluding carboxylic acids is 2. The van der Waals surface area contributed by atoms with Gasteiger partial charge in [0.1, 0.15) is 23.1 Å². The minimum Gasteiger partial charge on any atom is -0.410 e. The van der Waals surface area contributed by atoms with Gasteiger partial charge in [-0.15, -0.1) is 0 Å². The summed E-state index contributed by atoms with van der Waals surface area (Å²) in [5.41, 5.74) is 0. The van der Waals surface area contributed by atoms with Crippen molar-refractivity contribution in [3.05, 3.63) is 60.2 Å². The van der Waals surface area contributed by atoms with Gasteiger partial charge < -0.3 is 20.1 Å². The lowest BCUT2D eigenvalue weighted by atomic mass is 10.2. The summed E-state index contributed by atoms with van der Waals surface area (Å²) >= 11 is 0. The Labute approximate surface area is 161 Å². The second-order valence-corrected chi connectivity index (χ2v) is 5.96. The highest BCUT2D eigenvalue weighted by atomic mass is 19.1. The van der Waals surface area contributed by atoms with Crippen molar-refractivity contribution in [1.82, 2.24) is 10.6 Å². The summed E-state index contributed by atoms with van der Waals surface area (Å²) < 4.78 is 35.9. The van der Waals surface area contributed by atoms with Gasteiger partial charge in [0.15, 0.2) is 0 Å². The summed E-state index contributed by atoms with van der Waals surface area (Å²) in [7, 11) is 0. The topological polar surface area (TPSA) is 76.7 Å². The standard InChI is InChI=1S/C20H22F2N2O4/c21-15-7-5-9-17(13-15)27-19(25)23-11-3-1-2-4-12-24-20(26)28-18-10-6-8-16(22)14-18/h5-10,13-14H,1-4,11-12H2,(H,23,25)(H,24,26). The molecule has 0 saturated carbocycles. The number of ether oxygens (including phenoxy) is 2. The van der Waals surface area contributed by atoms with Crippen LogP contribution in [0.2, 0.25) is 0 Å². The molecule has 0 bridgehead atoms. The van der Waals surface area contributed by atoms with E-state index in [0.29, 0.717) is 13.1 Å². The fourth-order valence-corrected chi connectivity index (χ4v) is 2.33. The number of unbranched alkanes of at least 4 members (excludes halogenated alkanes) is 3. The number of benzene rings is 2. The van der Waals surface area contributed by atoms with Crippen molar-refractivity contribution in [2.24, 2.45) is 0 Å². The van der Waals surface area contributed by atoms with Crippen LogP contribution in [0.15, 0.2) is 48.5 Å². The van der Waals surface area contributed by atoms with Crippen LogP contribution >= 0.6 is 0 Å². The van der Waals surface area contributed by atoms with Crippen LogP contribution < -0.4 is 20.1 Å². The third-order valence-electron chi connectivity index (χ3n) is 3.66. The van der Waals surface area contributed by atoms with Crippen molar-refractivity contribution >= 4 is 12.2 Å². The normalized spacial score (nSPS) is 10.2. The number of nitrogens with one attached hydrogen (secondary N) is 2. The number of carbonyl (C=O) groups is 2. The molecule has 2 rings (SSSR count). The minimum atomic E-state index is -0.632. The van der Waals surface area contributed by atoms with Gasteiger partial charge in [0, 0.05) is 25.2 Å². The highest BCUT2D eigenvalue weighted by molar-refractivity contribution is 5.70. The van der Waals surface area contributed by atoms with E-state index in [-0.39, 0.29) is 11.5 Å². The van der Waals surface area contributed by atoms with Crippen molar-refractivity contribution in [3.8, 4) is 11.5 Å². The maximum absolute atomic E-state index is 13.0. The molecular weight excluding hydrogens is 370 g/mol. The van der Waals surface area contributed by atoms with Crippen LogP contribution in [0.1, 0.15) is 25.7 Å². The Kier molecular flexibility index (Phi) is 8.71. The van der Waals surface area contributed by atoms with E-state index in [9.17, 15) is 18.4 Å². The molecule has 0 aliphatic rings. The number of halogens is 2. The SMILES string of the molecule is O=C(NCCCCCCNC(=O)Oc1cccc(F)c1)Oc1cccc(F)c1. The molecule has 0 aliphatic carbocycles. The van der Waals surface area contributed by atoms with Crippen molar-refractivity contribution in [2.75, 3.05) is 13.1 Å². The molecule has 0 unspecified atom stereocenters. The lowest BCUT2D eigenvalue weighted by Gasteiger charge is -2.08. The van der Waals surface area contributed by atoms with Crippen LogP contribution in [0.3, 0.4) is 0 Å². The second-order valence-electron chi connectivity index (χ2n) is 5.96. The van der Waals surface area contributed by atoms with E-state index in [1.807, 2.05) is 0 Å². The Morgan fingerprint density at radius 3 is 1.54 bits per heavy atom. The van der Waals surface area contributed by atoms with E-state index < -0.39 is 23.8 Å². The summed E-state index contributed by atoms with van der Waals surface area (Å²) in [5, 5.41) is 5.18. The molecule has 0 saturated heterocycles. The van der Waals surface area contributed by atoms with Crippen molar-refractivity contribution < 1.29 is 27.8 Å². The molecule has 28 heavy (non-hydrogen) atoms. The van der Waals surface area contributed by atoms with Crippen LogP contribution in [0.4, 0.5) is 18.4 Å². The molecule has 0 aromatic heterocycles. The van der Waals surface area contributed by atoms with Crippen molar-refractivity contribution in [2.45, 2.75) is 25.7 Å². The Hall–Kier alpha value is -3.16. The van der Waals surface area contributed by atoms with Crippen LogP contribution in [-0.2, 0) is 0 Å². The van der Waals surface area contributed by atoms with Crippen LogP contribution in [0.25, 0.3) is 0 Å². The zero-order valence-corrected chi connectivity index (χ0v) is 15.3. The van der Waals surface area contributed by atoms with Crippen molar-refractivity contribution in [3.63, 3.8) is 0 Å². The Morgan fingerprint density at radius 1 is 0.714 bits per heavy atom. The number of hydrogen-bond acceptors (Lipinski definition) is 4. The van der Waals surface area contributed by atoms with E-state index in [0.717, 1.165) is 37.8 Å². The molecule has 0 atom stereocenters. The molecule has 6 nitrogen and oxygen atoms in total. The quantitative estimate of drug-likeness (QED) is 0.620. The smallest absolute Gasteiger partial charge is 0.410 e. The third-order valence-corrected chi connectivity index (χ3v) is 3.66. The first-order valence-electron chi connectivity index (χ1n) is 8.95. The molecule has 2 amide bonds. The Bertz CT molecular complexity index is 721. The highest BCUT2D eigenvalue weighted by Gasteiger charge is 2.05. The van der Waals surface area contributed by atoms with Crippen LogP contribution in [0, 0.1) is 11.6 Å². The summed E-state index contributed by atoms with van der Waals surface area (Å²) in [6.45, 7) is 0.867. The van der Waals surface area contributed by atoms with Gasteiger partial charge in [0.05, 0.1) is 0 Å². The first-order valence-corrected chi connectivity index (χ1v) is 8.95. The average molecular weight is 392 g/mol. The maximum Gasteiger partial charge on any atom is 0.412 e. The molecule has 0 radical (unpaired) electrons. The second kappa shape index (κ2) is 11.5. The van der Waals surface area contributed by atoms with E-state index in [2.05, 4.69) is 10.6 Å². The van der Waals surface area contributed by atoms with Gasteiger partial charge in [-0.25, -0.2) is 18.4 Å². The molecular formula is C20H22F2N2O4. The summed E-state index contributed by atoms with van der Waals surface area (Å²) in [6, 6.07) is 10.7. The third kappa shape index (κ3) is 8.48. The summed E-state index contributed by atoms with van der Waals surface area (Å²) in [6.07, 6.45) is 1.92. The largest absolute Gasteiger partial charge is 0.412 e. The van der Waals surface area contributed by atoms with Crippen molar-refractivity contribution in [1.29, 1.82) is 0 Å². The Balaban J connectivity index is 1.47. The molecule has 0 spiro atoms. The maximum atomic E-state index is 13.0. The number of hydrogen-bond donors (Lipinski definition) is 2. The first kappa shape index (κ1) is 21.1. The monoisotopic (exact) mass is 392 g/mol. The summed E-state index contributed by atoms with van der Waals surface area (Å²) in [4.78, 5) is 23.1. The molecule has 2 N–H and O–H groups in total. The zero-order chi connectivity index (χ0) is 20.2. The number of amides is 2. The van der Waals surface area contributed by atoms with Gasteiger partial charge in [-0.05, 0) is 37.1 Å². The van der Waals surface area contributed by atoms with E-state index in [4.69, 9.17) is 9.47 Å². The molecule has 150 valence electrons. The predicted octanol–water partition coefficient (Wildman–Crippen LogP) is 4.40. The first-order chi connectivity index (χ1) is 13.5.